The maximum Gasteiger partial charge on any atom is 0.184 e. The Morgan fingerprint density at radius 1 is 1.50 bits per heavy atom. The van der Waals surface area contributed by atoms with Crippen molar-refractivity contribution in [3.05, 3.63) is 11.9 Å². The van der Waals surface area contributed by atoms with Crippen molar-refractivity contribution in [2.75, 3.05) is 6.54 Å². The zero-order valence-corrected chi connectivity index (χ0v) is 11.4. The van der Waals surface area contributed by atoms with Gasteiger partial charge in [0, 0.05) is 13.0 Å². The molecule has 0 aliphatic rings. The predicted octanol–water partition coefficient (Wildman–Crippen LogP) is 2.03. The maximum absolute atomic E-state index is 12.0. The molecule has 0 bridgehead atoms. The molecule has 0 aliphatic carbocycles. The smallest absolute Gasteiger partial charge is 0.184 e. The van der Waals surface area contributed by atoms with Gasteiger partial charge < -0.3 is 5.73 Å². The van der Waals surface area contributed by atoms with E-state index in [1.165, 1.54) is 12.8 Å². The predicted molar refractivity (Wildman–Crippen MR) is 71.3 cm³/mol. The number of ketones is 1. The fourth-order valence-electron chi connectivity index (χ4n) is 1.98. The van der Waals surface area contributed by atoms with Crippen LogP contribution in [0.1, 0.15) is 56.4 Å². The molecule has 0 radical (unpaired) electrons. The van der Waals surface area contributed by atoms with Crippen LogP contribution >= 0.6 is 0 Å². The molecule has 0 spiro atoms. The third-order valence-electron chi connectivity index (χ3n) is 3.20. The van der Waals surface area contributed by atoms with Crippen LogP contribution in [0.2, 0.25) is 0 Å². The first-order valence-corrected chi connectivity index (χ1v) is 6.84. The molecule has 0 aliphatic heterocycles. The summed E-state index contributed by atoms with van der Waals surface area (Å²) in [5.41, 5.74) is 5.90. The second-order valence-electron chi connectivity index (χ2n) is 4.70. The highest BCUT2D eigenvalue weighted by atomic mass is 16.1. The summed E-state index contributed by atoms with van der Waals surface area (Å²) in [6.45, 7) is 5.42. The molecule has 1 unspecified atom stereocenters. The second-order valence-corrected chi connectivity index (χ2v) is 4.70. The lowest BCUT2D eigenvalue weighted by Crippen LogP contribution is -2.10. The summed E-state index contributed by atoms with van der Waals surface area (Å²) in [5, 5.41) is 7.80. The number of nitrogens with zero attached hydrogens (tertiary/aromatic N) is 3. The first kappa shape index (κ1) is 14.8. The van der Waals surface area contributed by atoms with E-state index in [-0.39, 0.29) is 5.78 Å². The van der Waals surface area contributed by atoms with Crippen LogP contribution in [0.15, 0.2) is 6.20 Å². The molecule has 1 atom stereocenters. The minimum Gasteiger partial charge on any atom is -0.329 e. The average molecular weight is 252 g/mol. The first-order chi connectivity index (χ1) is 8.71. The highest BCUT2D eigenvalue weighted by Gasteiger charge is 2.16. The quantitative estimate of drug-likeness (QED) is 0.682. The van der Waals surface area contributed by atoms with E-state index >= 15 is 0 Å². The fraction of sp³-hybridized carbons (Fsp3) is 0.769. The first-order valence-electron chi connectivity index (χ1n) is 6.84. The number of nitrogens with two attached hydrogens (primary N) is 1. The van der Waals surface area contributed by atoms with E-state index < -0.39 is 0 Å². The number of hydrogen-bond donors (Lipinski definition) is 1. The van der Waals surface area contributed by atoms with Crippen molar-refractivity contribution >= 4 is 5.78 Å². The van der Waals surface area contributed by atoms with Crippen molar-refractivity contribution in [3.63, 3.8) is 0 Å². The maximum atomic E-state index is 12.0. The molecule has 1 aromatic heterocycles. The molecular formula is C13H24N4O. The summed E-state index contributed by atoms with van der Waals surface area (Å²) in [5.74, 6) is 0.568. The number of Topliss-reactive ketones (excluding diaryl/α,β-unsaturated/α-hetero) is 1. The van der Waals surface area contributed by atoms with Crippen LogP contribution in [0, 0.1) is 5.92 Å². The molecule has 2 N–H and O–H groups in total. The molecule has 0 fully saturated rings. The Kier molecular flexibility index (Phi) is 6.57. The van der Waals surface area contributed by atoms with Crippen LogP contribution < -0.4 is 5.73 Å². The van der Waals surface area contributed by atoms with Crippen LogP contribution in [0.3, 0.4) is 0 Å². The van der Waals surface area contributed by atoms with E-state index in [4.69, 9.17) is 5.73 Å². The summed E-state index contributed by atoms with van der Waals surface area (Å²) >= 11 is 0. The third-order valence-corrected chi connectivity index (χ3v) is 3.20. The summed E-state index contributed by atoms with van der Waals surface area (Å²) in [6, 6.07) is 0. The zero-order chi connectivity index (χ0) is 13.4. The van der Waals surface area contributed by atoms with E-state index in [0.29, 0.717) is 31.1 Å². The lowest BCUT2D eigenvalue weighted by atomic mass is 9.93. The molecule has 102 valence electrons. The van der Waals surface area contributed by atoms with E-state index in [1.807, 2.05) is 0 Å². The number of carbonyl (C=O) groups is 1. The molecule has 1 heterocycles. The van der Waals surface area contributed by atoms with E-state index in [2.05, 4.69) is 24.2 Å². The highest BCUT2D eigenvalue weighted by Crippen LogP contribution is 2.18. The summed E-state index contributed by atoms with van der Waals surface area (Å²) in [6.07, 6.45) is 6.81. The van der Waals surface area contributed by atoms with Crippen LogP contribution in [0.5, 0.6) is 0 Å². The molecule has 0 saturated carbocycles. The van der Waals surface area contributed by atoms with E-state index in [1.54, 1.807) is 10.9 Å². The number of aromatic nitrogens is 3. The molecule has 5 nitrogen and oxygen atoms in total. The van der Waals surface area contributed by atoms with Crippen molar-refractivity contribution in [2.24, 2.45) is 11.7 Å². The lowest BCUT2D eigenvalue weighted by molar-refractivity contribution is 0.0952. The van der Waals surface area contributed by atoms with Crippen molar-refractivity contribution < 1.29 is 4.79 Å². The monoisotopic (exact) mass is 252 g/mol. The van der Waals surface area contributed by atoms with Gasteiger partial charge in [0.25, 0.3) is 0 Å². The summed E-state index contributed by atoms with van der Waals surface area (Å²) in [7, 11) is 0. The van der Waals surface area contributed by atoms with Gasteiger partial charge in [-0.15, -0.1) is 5.10 Å². The van der Waals surface area contributed by atoms with Crippen LogP contribution in [-0.4, -0.2) is 27.3 Å². The van der Waals surface area contributed by atoms with Crippen molar-refractivity contribution in [2.45, 2.75) is 52.5 Å². The van der Waals surface area contributed by atoms with Gasteiger partial charge in [0.2, 0.25) is 0 Å². The van der Waals surface area contributed by atoms with Gasteiger partial charge in [-0.25, -0.2) is 0 Å². The van der Waals surface area contributed by atoms with Gasteiger partial charge in [0.15, 0.2) is 5.78 Å². The molecule has 0 saturated heterocycles. The second kappa shape index (κ2) is 7.97. The molecule has 0 amide bonds. The number of unbranched alkanes of at least 4 members (excludes halogenated alkanes) is 1. The van der Waals surface area contributed by atoms with Crippen molar-refractivity contribution in [3.8, 4) is 0 Å². The molecule has 1 aromatic rings. The number of carbonyl (C=O) groups excluding carboxylic acids is 1. The van der Waals surface area contributed by atoms with Gasteiger partial charge in [-0.3, -0.25) is 9.48 Å². The standard InChI is InChI=1S/C13H24N4O/c1-3-5-6-11(4-2)9-13(18)12-10-17(8-7-14)16-15-12/h10-11H,3-9,14H2,1-2H3. The van der Waals surface area contributed by atoms with E-state index in [9.17, 15) is 4.79 Å². The van der Waals surface area contributed by atoms with Gasteiger partial charge in [-0.05, 0) is 5.92 Å². The Hall–Kier alpha value is -1.23. The SMILES string of the molecule is CCCCC(CC)CC(=O)c1cn(CCN)nn1. The molecular weight excluding hydrogens is 228 g/mol. The fourth-order valence-corrected chi connectivity index (χ4v) is 1.98. The van der Waals surface area contributed by atoms with E-state index in [0.717, 1.165) is 12.8 Å². The van der Waals surface area contributed by atoms with Crippen molar-refractivity contribution in [1.29, 1.82) is 0 Å². The average Bonchev–Trinajstić information content (AvgIpc) is 2.83. The molecule has 0 aromatic carbocycles. The Bertz CT molecular complexity index is 362. The number of hydrogen-bond acceptors (Lipinski definition) is 4. The minimum atomic E-state index is 0.0984. The highest BCUT2D eigenvalue weighted by molar-refractivity contribution is 5.93. The van der Waals surface area contributed by atoms with Gasteiger partial charge in [-0.1, -0.05) is 44.7 Å². The van der Waals surface area contributed by atoms with Gasteiger partial charge >= 0.3 is 0 Å². The molecule has 1 rings (SSSR count). The minimum absolute atomic E-state index is 0.0984. The normalized spacial score (nSPS) is 12.6. The zero-order valence-electron chi connectivity index (χ0n) is 11.4. The van der Waals surface area contributed by atoms with Gasteiger partial charge in [0.05, 0.1) is 12.7 Å². The third kappa shape index (κ3) is 4.56. The Morgan fingerprint density at radius 3 is 2.89 bits per heavy atom. The van der Waals surface area contributed by atoms with Crippen molar-refractivity contribution in [1.82, 2.24) is 15.0 Å². The Labute approximate surface area is 109 Å². The summed E-state index contributed by atoms with van der Waals surface area (Å²) < 4.78 is 1.63. The topological polar surface area (TPSA) is 73.8 Å². The molecule has 18 heavy (non-hydrogen) atoms. The number of rotatable bonds is 9. The summed E-state index contributed by atoms with van der Waals surface area (Å²) in [4.78, 5) is 12.0. The van der Waals surface area contributed by atoms with Gasteiger partial charge in [-0.2, -0.15) is 0 Å². The van der Waals surface area contributed by atoms with Crippen LogP contribution in [0.4, 0.5) is 0 Å². The van der Waals surface area contributed by atoms with Gasteiger partial charge in [0.1, 0.15) is 5.69 Å². The lowest BCUT2D eigenvalue weighted by Gasteiger charge is -2.11. The van der Waals surface area contributed by atoms with Crippen LogP contribution in [0.25, 0.3) is 0 Å². The largest absolute Gasteiger partial charge is 0.329 e. The Morgan fingerprint density at radius 2 is 2.28 bits per heavy atom. The molecule has 5 heteroatoms. The van der Waals surface area contributed by atoms with Crippen LogP contribution in [-0.2, 0) is 6.54 Å². The Balaban J connectivity index is 2.51.